The fourth-order valence-electron chi connectivity index (χ4n) is 2.40. The average Bonchev–Trinajstić information content (AvgIpc) is 2.59. The quantitative estimate of drug-likeness (QED) is 0.679. The highest BCUT2D eigenvalue weighted by atomic mass is 16.5. The normalized spacial score (nSPS) is 28.3. The van der Waals surface area contributed by atoms with E-state index in [9.17, 15) is 5.11 Å². The second kappa shape index (κ2) is 3.10. The Morgan fingerprint density at radius 3 is 3.33 bits per heavy atom. The van der Waals surface area contributed by atoms with Crippen LogP contribution >= 0.6 is 0 Å². The summed E-state index contributed by atoms with van der Waals surface area (Å²) in [7, 11) is 0. The van der Waals surface area contributed by atoms with E-state index in [0.717, 1.165) is 23.6 Å². The number of fused-ring (bicyclic) bond motifs is 3. The topological polar surface area (TPSA) is 45.6 Å². The summed E-state index contributed by atoms with van der Waals surface area (Å²) in [6.07, 6.45) is 2.34. The van der Waals surface area contributed by atoms with Gasteiger partial charge in [0.2, 0.25) is 0 Å². The lowest BCUT2D eigenvalue weighted by atomic mass is 10.1. The Labute approximate surface area is 88.5 Å². The number of nitrogens with zero attached hydrogens (tertiary/aromatic N) is 2. The fraction of sp³-hybridized carbons (Fsp3) is 0.545. The molecule has 2 atom stereocenters. The van der Waals surface area contributed by atoms with Crippen molar-refractivity contribution >= 4 is 5.82 Å². The summed E-state index contributed by atoms with van der Waals surface area (Å²) < 4.78 is 5.70. The molecule has 0 saturated carbocycles. The third kappa shape index (κ3) is 1.28. The van der Waals surface area contributed by atoms with E-state index in [-0.39, 0.29) is 6.10 Å². The number of aryl methyl sites for hydroxylation is 1. The molecular weight excluding hydrogens is 192 g/mol. The van der Waals surface area contributed by atoms with E-state index in [2.05, 4.69) is 9.88 Å². The van der Waals surface area contributed by atoms with Crippen LogP contribution in [-0.4, -0.2) is 35.4 Å². The van der Waals surface area contributed by atoms with E-state index in [1.807, 2.05) is 13.0 Å². The summed E-state index contributed by atoms with van der Waals surface area (Å²) in [5.41, 5.74) is 1.11. The highest BCUT2D eigenvalue weighted by Crippen LogP contribution is 2.37. The molecule has 0 radical (unpaired) electrons. The van der Waals surface area contributed by atoms with Crippen LogP contribution in [0.25, 0.3) is 0 Å². The Kier molecular flexibility index (Phi) is 1.85. The number of hydrogen-bond donors (Lipinski definition) is 1. The van der Waals surface area contributed by atoms with E-state index in [1.54, 1.807) is 6.20 Å². The highest BCUT2D eigenvalue weighted by Gasteiger charge is 2.37. The Bertz CT molecular complexity index is 394. The zero-order valence-corrected chi connectivity index (χ0v) is 8.68. The van der Waals surface area contributed by atoms with Crippen molar-refractivity contribution in [3.63, 3.8) is 0 Å². The van der Waals surface area contributed by atoms with Gasteiger partial charge in [-0.15, -0.1) is 0 Å². The monoisotopic (exact) mass is 206 g/mol. The molecule has 0 aliphatic carbocycles. The van der Waals surface area contributed by atoms with Crippen molar-refractivity contribution < 1.29 is 9.84 Å². The molecule has 4 nitrogen and oxygen atoms in total. The predicted octanol–water partition coefficient (Wildman–Crippen LogP) is 0.722. The van der Waals surface area contributed by atoms with E-state index < -0.39 is 0 Å². The summed E-state index contributed by atoms with van der Waals surface area (Å²) in [5, 5.41) is 9.63. The van der Waals surface area contributed by atoms with E-state index in [0.29, 0.717) is 19.2 Å². The molecule has 4 heteroatoms. The third-order valence-corrected chi connectivity index (χ3v) is 3.17. The number of anilines is 1. The van der Waals surface area contributed by atoms with Crippen LogP contribution in [0.5, 0.6) is 5.75 Å². The maximum Gasteiger partial charge on any atom is 0.172 e. The Hall–Kier alpha value is -1.29. The van der Waals surface area contributed by atoms with E-state index in [1.165, 1.54) is 0 Å². The molecule has 0 bridgehead atoms. The zero-order chi connectivity index (χ0) is 10.4. The van der Waals surface area contributed by atoms with Crippen LogP contribution in [0.1, 0.15) is 12.0 Å². The van der Waals surface area contributed by atoms with Gasteiger partial charge in [0, 0.05) is 12.7 Å². The lowest BCUT2D eigenvalue weighted by molar-refractivity contribution is 0.187. The number of rotatable bonds is 0. The van der Waals surface area contributed by atoms with Gasteiger partial charge in [-0.3, -0.25) is 0 Å². The minimum atomic E-state index is -0.244. The van der Waals surface area contributed by atoms with Gasteiger partial charge in [0.25, 0.3) is 0 Å². The fourth-order valence-corrected chi connectivity index (χ4v) is 2.40. The average molecular weight is 206 g/mol. The van der Waals surface area contributed by atoms with Crippen LogP contribution in [0.3, 0.4) is 0 Å². The van der Waals surface area contributed by atoms with Crippen LogP contribution in [0.15, 0.2) is 12.3 Å². The first-order valence-corrected chi connectivity index (χ1v) is 5.29. The molecule has 3 heterocycles. The van der Waals surface area contributed by atoms with Crippen molar-refractivity contribution in [1.82, 2.24) is 4.98 Å². The summed E-state index contributed by atoms with van der Waals surface area (Å²) in [5.74, 6) is 1.77. The van der Waals surface area contributed by atoms with Crippen molar-refractivity contribution in [3.05, 3.63) is 17.8 Å². The number of aliphatic hydroxyl groups is 1. The van der Waals surface area contributed by atoms with E-state index in [4.69, 9.17) is 4.74 Å². The third-order valence-electron chi connectivity index (χ3n) is 3.17. The van der Waals surface area contributed by atoms with Crippen LogP contribution in [0.4, 0.5) is 5.82 Å². The molecule has 1 fully saturated rings. The maximum absolute atomic E-state index is 9.63. The molecule has 80 valence electrons. The molecular formula is C11H14N2O2. The Morgan fingerprint density at radius 1 is 1.60 bits per heavy atom. The molecule has 1 saturated heterocycles. The number of aliphatic hydroxyl groups excluding tert-OH is 1. The molecule has 0 aromatic carbocycles. The minimum absolute atomic E-state index is 0.244. The van der Waals surface area contributed by atoms with Crippen molar-refractivity contribution in [2.24, 2.45) is 0 Å². The molecule has 1 aromatic heterocycles. The van der Waals surface area contributed by atoms with Gasteiger partial charge in [-0.25, -0.2) is 4.98 Å². The van der Waals surface area contributed by atoms with Gasteiger partial charge in [0.05, 0.1) is 12.1 Å². The number of aromatic nitrogens is 1. The SMILES string of the molecule is Cc1ccnc2c1OC[C@@H]1CC(O)CN21. The Balaban J connectivity index is 2.05. The Morgan fingerprint density at radius 2 is 2.47 bits per heavy atom. The first-order chi connectivity index (χ1) is 7.25. The van der Waals surface area contributed by atoms with Gasteiger partial charge in [-0.05, 0) is 25.0 Å². The number of pyridine rings is 1. The standard InChI is InChI=1S/C11H14N2O2/c1-7-2-3-12-11-10(7)15-6-8-4-9(14)5-13(8)11/h2-3,8-9,14H,4-6H2,1H3/t8-,9?/m0/s1. The number of hydrogen-bond acceptors (Lipinski definition) is 4. The van der Waals surface area contributed by atoms with Crippen LogP contribution in [-0.2, 0) is 0 Å². The van der Waals surface area contributed by atoms with Crippen molar-refractivity contribution in [3.8, 4) is 5.75 Å². The van der Waals surface area contributed by atoms with Crippen LogP contribution < -0.4 is 9.64 Å². The number of ether oxygens (including phenoxy) is 1. The summed E-state index contributed by atoms with van der Waals surface area (Å²) in [6.45, 7) is 3.36. The van der Waals surface area contributed by atoms with Gasteiger partial charge >= 0.3 is 0 Å². The molecule has 1 unspecified atom stereocenters. The van der Waals surface area contributed by atoms with Gasteiger partial charge in [-0.2, -0.15) is 0 Å². The molecule has 15 heavy (non-hydrogen) atoms. The first kappa shape index (κ1) is 8.97. The molecule has 1 N–H and O–H groups in total. The van der Waals surface area contributed by atoms with Gasteiger partial charge in [-0.1, -0.05) is 0 Å². The molecule has 3 rings (SSSR count). The van der Waals surface area contributed by atoms with E-state index >= 15 is 0 Å². The summed E-state index contributed by atoms with van der Waals surface area (Å²) in [4.78, 5) is 6.51. The van der Waals surface area contributed by atoms with Crippen molar-refractivity contribution in [2.45, 2.75) is 25.5 Å². The summed E-state index contributed by atoms with van der Waals surface area (Å²) >= 11 is 0. The van der Waals surface area contributed by atoms with Gasteiger partial charge < -0.3 is 14.7 Å². The molecule has 1 aromatic rings. The van der Waals surface area contributed by atoms with Crippen molar-refractivity contribution in [1.29, 1.82) is 0 Å². The largest absolute Gasteiger partial charge is 0.487 e. The molecule has 0 spiro atoms. The van der Waals surface area contributed by atoms with Gasteiger partial charge in [0.15, 0.2) is 11.6 Å². The lowest BCUT2D eigenvalue weighted by Gasteiger charge is -2.32. The smallest absolute Gasteiger partial charge is 0.172 e. The van der Waals surface area contributed by atoms with Gasteiger partial charge in [0.1, 0.15) is 6.61 Å². The zero-order valence-electron chi connectivity index (χ0n) is 8.68. The predicted molar refractivity (Wildman–Crippen MR) is 56.2 cm³/mol. The highest BCUT2D eigenvalue weighted by molar-refractivity contribution is 5.59. The molecule has 2 aliphatic heterocycles. The van der Waals surface area contributed by atoms with Crippen LogP contribution in [0, 0.1) is 6.92 Å². The first-order valence-electron chi connectivity index (χ1n) is 5.29. The second-order valence-electron chi connectivity index (χ2n) is 4.29. The minimum Gasteiger partial charge on any atom is -0.487 e. The maximum atomic E-state index is 9.63. The lowest BCUT2D eigenvalue weighted by Crippen LogP contribution is -2.39. The second-order valence-corrected chi connectivity index (χ2v) is 4.29. The molecule has 0 amide bonds. The van der Waals surface area contributed by atoms with Crippen LogP contribution in [0.2, 0.25) is 0 Å². The summed E-state index contributed by atoms with van der Waals surface area (Å²) in [6, 6.07) is 2.24. The molecule has 2 aliphatic rings. The van der Waals surface area contributed by atoms with Crippen molar-refractivity contribution in [2.75, 3.05) is 18.1 Å².